The molecule has 2 amide bonds. The first-order chi connectivity index (χ1) is 8.28. The first kappa shape index (κ1) is 14.8. The highest BCUT2D eigenvalue weighted by Gasteiger charge is 2.24. The number of nitrogens with one attached hydrogen (secondary N) is 2. The van der Waals surface area contributed by atoms with Crippen LogP contribution in [0.3, 0.4) is 0 Å². The molecule has 1 rings (SSSR count). The summed E-state index contributed by atoms with van der Waals surface area (Å²) in [5.74, 6) is -0.444. The Labute approximate surface area is 107 Å². The van der Waals surface area contributed by atoms with Gasteiger partial charge in [0.1, 0.15) is 11.6 Å². The van der Waals surface area contributed by atoms with Crippen molar-refractivity contribution in [1.29, 1.82) is 0 Å². The van der Waals surface area contributed by atoms with Gasteiger partial charge in [-0.15, -0.1) is 0 Å². The van der Waals surface area contributed by atoms with Gasteiger partial charge >= 0.3 is 12.0 Å². The quantitative estimate of drug-likeness (QED) is 0.734. The summed E-state index contributed by atoms with van der Waals surface area (Å²) in [7, 11) is 0. The van der Waals surface area contributed by atoms with Crippen molar-refractivity contribution in [3.8, 4) is 0 Å². The summed E-state index contributed by atoms with van der Waals surface area (Å²) in [5, 5.41) is 5.29. The Bertz CT molecular complexity index is 306. The fraction of sp³-hybridized carbons (Fsp3) is 0.833. The van der Waals surface area contributed by atoms with Crippen LogP contribution in [0.5, 0.6) is 0 Å². The molecular formula is C12H22N2O4. The maximum atomic E-state index is 11.6. The van der Waals surface area contributed by atoms with Gasteiger partial charge in [-0.25, -0.2) is 9.59 Å². The molecule has 18 heavy (non-hydrogen) atoms. The van der Waals surface area contributed by atoms with E-state index in [1.807, 2.05) is 0 Å². The van der Waals surface area contributed by atoms with Crippen molar-refractivity contribution in [2.75, 3.05) is 13.2 Å². The van der Waals surface area contributed by atoms with Gasteiger partial charge < -0.3 is 20.1 Å². The second-order valence-corrected chi connectivity index (χ2v) is 5.43. The van der Waals surface area contributed by atoms with Crippen LogP contribution in [0.25, 0.3) is 0 Å². The Morgan fingerprint density at radius 1 is 1.39 bits per heavy atom. The van der Waals surface area contributed by atoms with Gasteiger partial charge in [0.05, 0.1) is 12.6 Å². The lowest BCUT2D eigenvalue weighted by Gasteiger charge is -2.23. The van der Waals surface area contributed by atoms with Crippen LogP contribution >= 0.6 is 0 Å². The molecule has 0 aliphatic carbocycles. The van der Waals surface area contributed by atoms with Crippen molar-refractivity contribution < 1.29 is 19.1 Å². The molecule has 2 atom stereocenters. The summed E-state index contributed by atoms with van der Waals surface area (Å²) >= 11 is 0. The zero-order chi connectivity index (χ0) is 13.8. The van der Waals surface area contributed by atoms with Crippen LogP contribution < -0.4 is 10.6 Å². The van der Waals surface area contributed by atoms with E-state index >= 15 is 0 Å². The van der Waals surface area contributed by atoms with E-state index < -0.39 is 17.6 Å². The minimum atomic E-state index is -0.674. The molecule has 0 radical (unpaired) electrons. The van der Waals surface area contributed by atoms with Gasteiger partial charge in [0.25, 0.3) is 0 Å². The van der Waals surface area contributed by atoms with Crippen LogP contribution in [-0.4, -0.2) is 42.9 Å². The first-order valence-corrected chi connectivity index (χ1v) is 6.15. The van der Waals surface area contributed by atoms with Gasteiger partial charge in [-0.05, 0) is 34.1 Å². The molecule has 0 aromatic rings. The van der Waals surface area contributed by atoms with E-state index in [9.17, 15) is 9.59 Å². The zero-order valence-electron chi connectivity index (χ0n) is 11.4. The minimum absolute atomic E-state index is 0.0239. The van der Waals surface area contributed by atoms with Gasteiger partial charge in [-0.3, -0.25) is 0 Å². The third-order valence-corrected chi connectivity index (χ3v) is 2.37. The maximum Gasteiger partial charge on any atom is 0.328 e. The molecule has 1 fully saturated rings. The molecule has 0 aromatic carbocycles. The third kappa shape index (κ3) is 5.35. The topological polar surface area (TPSA) is 76.7 Å². The van der Waals surface area contributed by atoms with E-state index in [0.717, 1.165) is 6.42 Å². The summed E-state index contributed by atoms with van der Waals surface area (Å²) in [5.41, 5.74) is -0.553. The zero-order valence-corrected chi connectivity index (χ0v) is 11.4. The highest BCUT2D eigenvalue weighted by Crippen LogP contribution is 2.08. The molecule has 0 saturated carbocycles. The van der Waals surface area contributed by atoms with Crippen molar-refractivity contribution in [3.05, 3.63) is 0 Å². The number of rotatable bonds is 3. The smallest absolute Gasteiger partial charge is 0.328 e. The number of amides is 2. The monoisotopic (exact) mass is 258 g/mol. The summed E-state index contributed by atoms with van der Waals surface area (Å²) in [6.07, 6.45) is 0.800. The van der Waals surface area contributed by atoms with Crippen LogP contribution in [0.1, 0.15) is 34.1 Å². The Morgan fingerprint density at radius 2 is 2.06 bits per heavy atom. The van der Waals surface area contributed by atoms with Crippen molar-refractivity contribution >= 4 is 12.0 Å². The van der Waals surface area contributed by atoms with E-state index in [0.29, 0.717) is 13.2 Å². The van der Waals surface area contributed by atoms with E-state index in [2.05, 4.69) is 10.6 Å². The Balaban J connectivity index is 2.31. The van der Waals surface area contributed by atoms with Crippen molar-refractivity contribution in [1.82, 2.24) is 10.6 Å². The van der Waals surface area contributed by atoms with Gasteiger partial charge in [0.15, 0.2) is 0 Å². The Kier molecular flexibility index (Phi) is 4.95. The van der Waals surface area contributed by atoms with Crippen LogP contribution in [0.4, 0.5) is 4.79 Å². The molecule has 1 saturated heterocycles. The van der Waals surface area contributed by atoms with E-state index in [1.165, 1.54) is 0 Å². The van der Waals surface area contributed by atoms with Crippen LogP contribution in [0.2, 0.25) is 0 Å². The molecule has 1 unspecified atom stereocenters. The molecule has 6 nitrogen and oxygen atoms in total. The molecule has 1 aliphatic rings. The molecule has 104 valence electrons. The van der Waals surface area contributed by atoms with Gasteiger partial charge in [0.2, 0.25) is 0 Å². The third-order valence-electron chi connectivity index (χ3n) is 2.37. The van der Waals surface area contributed by atoms with Crippen LogP contribution in [0, 0.1) is 0 Å². The molecule has 1 heterocycles. The number of hydrogen-bond acceptors (Lipinski definition) is 4. The van der Waals surface area contributed by atoms with Gasteiger partial charge in [-0.2, -0.15) is 0 Å². The molecule has 0 bridgehead atoms. The minimum Gasteiger partial charge on any atom is -0.458 e. The molecular weight excluding hydrogens is 236 g/mol. The highest BCUT2D eigenvalue weighted by molar-refractivity contribution is 5.83. The standard InChI is InChI=1S/C12H22N2O4/c1-8(10(15)18-12(2,3)4)13-11(16)14-9-5-6-17-7-9/h8-9H,5-7H2,1-4H3,(H2,13,14,16)/t8-,9?/m0/s1. The molecule has 0 spiro atoms. The lowest BCUT2D eigenvalue weighted by molar-refractivity contribution is -0.156. The lowest BCUT2D eigenvalue weighted by atomic mass is 10.2. The summed E-state index contributed by atoms with van der Waals surface area (Å²) < 4.78 is 10.3. The average Bonchev–Trinajstić information content (AvgIpc) is 2.67. The van der Waals surface area contributed by atoms with Crippen LogP contribution in [0.15, 0.2) is 0 Å². The number of carbonyl (C=O) groups is 2. The van der Waals surface area contributed by atoms with Gasteiger partial charge in [-0.1, -0.05) is 0 Å². The summed E-state index contributed by atoms with van der Waals surface area (Å²) in [4.78, 5) is 23.2. The number of urea groups is 1. The Hall–Kier alpha value is -1.30. The average molecular weight is 258 g/mol. The normalized spacial score (nSPS) is 21.2. The number of hydrogen-bond donors (Lipinski definition) is 2. The molecule has 0 aromatic heterocycles. The summed E-state index contributed by atoms with van der Waals surface area (Å²) in [6, 6.07) is -1.02. The SMILES string of the molecule is C[C@H](NC(=O)NC1CCOC1)C(=O)OC(C)(C)C. The fourth-order valence-electron chi connectivity index (χ4n) is 1.52. The van der Waals surface area contributed by atoms with Gasteiger partial charge in [0, 0.05) is 6.61 Å². The van der Waals surface area contributed by atoms with E-state index in [1.54, 1.807) is 27.7 Å². The first-order valence-electron chi connectivity index (χ1n) is 6.15. The predicted octanol–water partition coefficient (Wildman–Crippen LogP) is 0.805. The van der Waals surface area contributed by atoms with E-state index in [-0.39, 0.29) is 12.1 Å². The second-order valence-electron chi connectivity index (χ2n) is 5.43. The number of esters is 1. The second kappa shape index (κ2) is 6.04. The lowest BCUT2D eigenvalue weighted by Crippen LogP contribution is -2.49. The molecule has 2 N–H and O–H groups in total. The molecule has 6 heteroatoms. The maximum absolute atomic E-state index is 11.6. The van der Waals surface area contributed by atoms with E-state index in [4.69, 9.17) is 9.47 Å². The fourth-order valence-corrected chi connectivity index (χ4v) is 1.52. The van der Waals surface area contributed by atoms with Crippen molar-refractivity contribution in [2.45, 2.75) is 51.8 Å². The highest BCUT2D eigenvalue weighted by atomic mass is 16.6. The molecule has 1 aliphatic heterocycles. The van der Waals surface area contributed by atoms with Crippen LogP contribution in [-0.2, 0) is 14.3 Å². The predicted molar refractivity (Wildman–Crippen MR) is 66.2 cm³/mol. The summed E-state index contributed by atoms with van der Waals surface area (Å²) in [6.45, 7) is 8.13. The Morgan fingerprint density at radius 3 is 2.56 bits per heavy atom. The number of ether oxygens (including phenoxy) is 2. The largest absolute Gasteiger partial charge is 0.458 e. The van der Waals surface area contributed by atoms with Crippen molar-refractivity contribution in [3.63, 3.8) is 0 Å². The number of carbonyl (C=O) groups excluding carboxylic acids is 2. The van der Waals surface area contributed by atoms with Crippen molar-refractivity contribution in [2.24, 2.45) is 0 Å².